The number of carbonyl (C=O) groups is 1. The third-order valence-corrected chi connectivity index (χ3v) is 0.711. The zero-order valence-electron chi connectivity index (χ0n) is 5.29. The number of amides is 1. The lowest BCUT2D eigenvalue weighted by atomic mass is 10.2. The largest absolute Gasteiger partial charge is 0.283 e. The second-order valence-electron chi connectivity index (χ2n) is 2.20. The Kier molecular flexibility index (Phi) is 3.19. The molecule has 0 aliphatic heterocycles. The molecule has 0 aromatic carbocycles. The summed E-state index contributed by atoms with van der Waals surface area (Å²) >= 11 is 0. The van der Waals surface area contributed by atoms with Crippen LogP contribution < -0.4 is 5.84 Å². The van der Waals surface area contributed by atoms with Gasteiger partial charge in [-0.25, -0.2) is 5.84 Å². The maximum atomic E-state index is 9.84. The molecule has 0 rings (SSSR count). The molecule has 0 saturated carbocycles. The van der Waals surface area contributed by atoms with Crippen LogP contribution in [0.15, 0.2) is 0 Å². The average molecular weight is 116 g/mol. The van der Waals surface area contributed by atoms with Gasteiger partial charge >= 0.3 is 0 Å². The molecule has 0 unspecified atom stereocenters. The lowest BCUT2D eigenvalue weighted by Crippen LogP contribution is -2.32. The van der Waals surface area contributed by atoms with Crippen molar-refractivity contribution in [2.75, 3.05) is 6.54 Å². The molecule has 8 heavy (non-hydrogen) atoms. The Morgan fingerprint density at radius 2 is 2.25 bits per heavy atom. The number of hydrazine groups is 1. The molecule has 0 aromatic rings. The average Bonchev–Trinajstić information content (AvgIpc) is 1.65. The molecule has 0 saturated heterocycles. The summed E-state index contributed by atoms with van der Waals surface area (Å²) in [6, 6.07) is 0. The van der Waals surface area contributed by atoms with Crippen molar-refractivity contribution in [3.8, 4) is 0 Å². The van der Waals surface area contributed by atoms with Gasteiger partial charge in [0, 0.05) is 6.54 Å². The first-order valence-corrected chi connectivity index (χ1v) is 2.63. The molecular weight excluding hydrogens is 104 g/mol. The van der Waals surface area contributed by atoms with E-state index in [2.05, 4.69) is 0 Å². The van der Waals surface area contributed by atoms with Gasteiger partial charge in [0.25, 0.3) is 0 Å². The van der Waals surface area contributed by atoms with Crippen molar-refractivity contribution in [2.24, 2.45) is 11.8 Å². The van der Waals surface area contributed by atoms with E-state index >= 15 is 0 Å². The molecule has 0 aliphatic carbocycles. The van der Waals surface area contributed by atoms with Gasteiger partial charge in [0.2, 0.25) is 6.41 Å². The lowest BCUT2D eigenvalue weighted by Gasteiger charge is -2.11. The number of hydrogen-bond donors (Lipinski definition) is 1. The van der Waals surface area contributed by atoms with E-state index in [-0.39, 0.29) is 0 Å². The van der Waals surface area contributed by atoms with E-state index in [4.69, 9.17) is 5.84 Å². The Hall–Kier alpha value is -0.570. The highest BCUT2D eigenvalue weighted by Gasteiger charge is 1.96. The Morgan fingerprint density at radius 1 is 1.75 bits per heavy atom. The molecule has 0 spiro atoms. The molecule has 1 amide bonds. The van der Waals surface area contributed by atoms with Gasteiger partial charge in [0.1, 0.15) is 0 Å². The van der Waals surface area contributed by atoms with Crippen LogP contribution in [-0.4, -0.2) is 18.0 Å². The molecule has 0 aromatic heterocycles. The zero-order chi connectivity index (χ0) is 6.57. The van der Waals surface area contributed by atoms with Gasteiger partial charge in [-0.15, -0.1) is 0 Å². The fourth-order valence-corrected chi connectivity index (χ4v) is 0.465. The maximum absolute atomic E-state index is 9.84. The summed E-state index contributed by atoms with van der Waals surface area (Å²) in [5.74, 6) is 5.59. The van der Waals surface area contributed by atoms with Crippen LogP contribution in [-0.2, 0) is 4.79 Å². The second-order valence-corrected chi connectivity index (χ2v) is 2.20. The fourth-order valence-electron chi connectivity index (χ4n) is 0.465. The first-order chi connectivity index (χ1) is 3.66. The van der Waals surface area contributed by atoms with Crippen molar-refractivity contribution in [1.29, 1.82) is 0 Å². The highest BCUT2D eigenvalue weighted by molar-refractivity contribution is 5.45. The minimum Gasteiger partial charge on any atom is -0.283 e. The summed E-state index contributed by atoms with van der Waals surface area (Å²) < 4.78 is 0. The molecule has 3 nitrogen and oxygen atoms in total. The van der Waals surface area contributed by atoms with Gasteiger partial charge in [-0.2, -0.15) is 0 Å². The maximum Gasteiger partial charge on any atom is 0.223 e. The normalized spacial score (nSPS) is 9.50. The van der Waals surface area contributed by atoms with Crippen LogP contribution in [0.1, 0.15) is 13.8 Å². The van der Waals surface area contributed by atoms with Crippen molar-refractivity contribution in [2.45, 2.75) is 13.8 Å². The standard InChI is InChI=1S/C5H12N2O/c1-5(2)3-7(6)4-8/h4-5H,3,6H2,1-2H3. The summed E-state index contributed by atoms with van der Waals surface area (Å²) in [5, 5.41) is 1.14. The number of rotatable bonds is 3. The van der Waals surface area contributed by atoms with Gasteiger partial charge < -0.3 is 0 Å². The third kappa shape index (κ3) is 3.61. The first kappa shape index (κ1) is 7.43. The fraction of sp³-hybridized carbons (Fsp3) is 0.800. The van der Waals surface area contributed by atoms with Gasteiger partial charge in [0.15, 0.2) is 0 Å². The molecule has 0 aliphatic rings. The molecule has 0 radical (unpaired) electrons. The summed E-state index contributed by atoms with van der Waals surface area (Å²) in [6.45, 7) is 4.64. The van der Waals surface area contributed by atoms with Gasteiger partial charge in [-0.1, -0.05) is 13.8 Å². The van der Waals surface area contributed by atoms with Crippen molar-refractivity contribution in [3.63, 3.8) is 0 Å². The number of hydrogen-bond acceptors (Lipinski definition) is 2. The highest BCUT2D eigenvalue weighted by atomic mass is 16.1. The van der Waals surface area contributed by atoms with Gasteiger partial charge in [-0.3, -0.25) is 9.80 Å². The van der Waals surface area contributed by atoms with Crippen molar-refractivity contribution >= 4 is 6.41 Å². The Bertz CT molecular complexity index is 72.8. The van der Waals surface area contributed by atoms with Gasteiger partial charge in [0.05, 0.1) is 0 Å². The third-order valence-electron chi connectivity index (χ3n) is 0.711. The topological polar surface area (TPSA) is 46.3 Å². The quantitative estimate of drug-likeness (QED) is 0.244. The summed E-state index contributed by atoms with van der Waals surface area (Å²) in [7, 11) is 0. The SMILES string of the molecule is CC(C)CN(N)C=O. The van der Waals surface area contributed by atoms with Crippen molar-refractivity contribution in [3.05, 3.63) is 0 Å². The van der Waals surface area contributed by atoms with E-state index in [1.807, 2.05) is 13.8 Å². The predicted molar refractivity (Wildman–Crippen MR) is 31.8 cm³/mol. The predicted octanol–water partition coefficient (Wildman–Crippen LogP) is -0.0255. The van der Waals surface area contributed by atoms with E-state index in [1.165, 1.54) is 0 Å². The van der Waals surface area contributed by atoms with Crippen molar-refractivity contribution < 1.29 is 4.79 Å². The van der Waals surface area contributed by atoms with Crippen LogP contribution in [0.4, 0.5) is 0 Å². The zero-order valence-corrected chi connectivity index (χ0v) is 5.29. The van der Waals surface area contributed by atoms with Crippen molar-refractivity contribution in [1.82, 2.24) is 5.01 Å². The van der Waals surface area contributed by atoms with Crippen LogP contribution in [0.3, 0.4) is 0 Å². The molecule has 0 heterocycles. The van der Waals surface area contributed by atoms with E-state index in [1.54, 1.807) is 0 Å². The molecule has 2 N–H and O–H groups in total. The minimum atomic E-state index is 0.449. The molecule has 0 atom stereocenters. The van der Waals surface area contributed by atoms with Crippen LogP contribution in [0.25, 0.3) is 0 Å². The van der Waals surface area contributed by atoms with Crippen LogP contribution in [0.2, 0.25) is 0 Å². The number of nitrogens with zero attached hydrogens (tertiary/aromatic N) is 1. The first-order valence-electron chi connectivity index (χ1n) is 2.63. The number of nitrogens with two attached hydrogens (primary N) is 1. The molecule has 3 heteroatoms. The monoisotopic (exact) mass is 116 g/mol. The van der Waals surface area contributed by atoms with E-state index in [0.29, 0.717) is 18.9 Å². The smallest absolute Gasteiger partial charge is 0.223 e. The molecule has 0 fully saturated rings. The summed E-state index contributed by atoms with van der Waals surface area (Å²) in [5.41, 5.74) is 0. The highest BCUT2D eigenvalue weighted by Crippen LogP contribution is 1.89. The molecular formula is C5H12N2O. The van der Waals surface area contributed by atoms with Crippen LogP contribution in [0, 0.1) is 5.92 Å². The Labute approximate surface area is 49.4 Å². The van der Waals surface area contributed by atoms with E-state index in [0.717, 1.165) is 5.01 Å². The Balaban J connectivity index is 3.23. The molecule has 48 valence electrons. The van der Waals surface area contributed by atoms with Gasteiger partial charge in [-0.05, 0) is 5.92 Å². The second kappa shape index (κ2) is 3.43. The van der Waals surface area contributed by atoms with Crippen LogP contribution >= 0.6 is 0 Å². The summed E-state index contributed by atoms with van der Waals surface area (Å²) in [4.78, 5) is 9.84. The van der Waals surface area contributed by atoms with Crippen LogP contribution in [0.5, 0.6) is 0 Å². The summed E-state index contributed by atoms with van der Waals surface area (Å²) in [6.07, 6.45) is 0.625. The number of carbonyl (C=O) groups excluding carboxylic acids is 1. The molecule has 0 bridgehead atoms. The minimum absolute atomic E-state index is 0.449. The van der Waals surface area contributed by atoms with E-state index in [9.17, 15) is 4.79 Å². The lowest BCUT2D eigenvalue weighted by molar-refractivity contribution is -0.118. The van der Waals surface area contributed by atoms with E-state index < -0.39 is 0 Å². The Morgan fingerprint density at radius 3 is 2.38 bits per heavy atom.